The highest BCUT2D eigenvalue weighted by Gasteiger charge is 2.04. The van der Waals surface area contributed by atoms with E-state index in [0.717, 1.165) is 24.5 Å². The Balaban J connectivity index is 2.26. The molecule has 0 unspecified atom stereocenters. The van der Waals surface area contributed by atoms with Gasteiger partial charge in [0.25, 0.3) is 0 Å². The predicted molar refractivity (Wildman–Crippen MR) is 63.5 cm³/mol. The van der Waals surface area contributed by atoms with Gasteiger partial charge in [-0.1, -0.05) is 29.8 Å². The Morgan fingerprint density at radius 1 is 1.25 bits per heavy atom. The first kappa shape index (κ1) is 10.8. The average molecular weight is 216 g/mol. The van der Waals surface area contributed by atoms with Gasteiger partial charge in [-0.05, 0) is 25.6 Å². The normalized spacial score (nSPS) is 10.6. The molecule has 0 saturated carbocycles. The van der Waals surface area contributed by atoms with Crippen LogP contribution < -0.4 is 5.32 Å². The van der Waals surface area contributed by atoms with Crippen LogP contribution in [0.2, 0.25) is 0 Å². The third-order valence-corrected chi connectivity index (χ3v) is 2.45. The lowest BCUT2D eigenvalue weighted by Crippen LogP contribution is -2.15. The third kappa shape index (κ3) is 2.28. The Labute approximate surface area is 95.3 Å². The molecule has 1 aromatic heterocycles. The zero-order valence-electron chi connectivity index (χ0n) is 9.64. The Kier molecular flexibility index (Phi) is 3.31. The van der Waals surface area contributed by atoms with Gasteiger partial charge in [-0.2, -0.15) is 0 Å². The van der Waals surface area contributed by atoms with Crippen molar-refractivity contribution in [3.63, 3.8) is 0 Å². The quantitative estimate of drug-likeness (QED) is 0.845. The lowest BCUT2D eigenvalue weighted by Gasteiger charge is -2.06. The van der Waals surface area contributed by atoms with Crippen molar-refractivity contribution < 1.29 is 0 Å². The number of nitrogens with one attached hydrogen (secondary N) is 1. The number of benzene rings is 1. The third-order valence-electron chi connectivity index (χ3n) is 2.45. The smallest absolute Gasteiger partial charge is 0.0783 e. The minimum atomic E-state index is 0.789. The molecule has 84 valence electrons. The van der Waals surface area contributed by atoms with E-state index in [9.17, 15) is 0 Å². The van der Waals surface area contributed by atoms with Gasteiger partial charge in [0.2, 0.25) is 0 Å². The minimum absolute atomic E-state index is 0.789. The highest BCUT2D eigenvalue weighted by atomic mass is 15.4. The molecule has 0 aliphatic rings. The molecule has 0 bridgehead atoms. The molecule has 0 aliphatic heterocycles. The van der Waals surface area contributed by atoms with Crippen molar-refractivity contribution in [2.75, 3.05) is 6.54 Å². The molecular formula is C12H16N4. The van der Waals surface area contributed by atoms with E-state index in [1.54, 1.807) is 6.20 Å². The Bertz CT molecular complexity index is 444. The molecular weight excluding hydrogens is 200 g/mol. The lowest BCUT2D eigenvalue weighted by atomic mass is 10.2. The fourth-order valence-corrected chi connectivity index (χ4v) is 1.53. The van der Waals surface area contributed by atoms with Crippen LogP contribution in [0.25, 0.3) is 5.69 Å². The predicted octanol–water partition coefficient (Wildman–Crippen LogP) is 1.69. The fraction of sp³-hybridized carbons (Fsp3) is 0.333. The zero-order chi connectivity index (χ0) is 11.4. The van der Waals surface area contributed by atoms with Crippen LogP contribution in [0.4, 0.5) is 0 Å². The number of aromatic nitrogens is 3. The highest BCUT2D eigenvalue weighted by Crippen LogP contribution is 2.10. The first-order valence-corrected chi connectivity index (χ1v) is 5.48. The molecule has 0 saturated heterocycles. The molecule has 0 radical (unpaired) electrons. The molecule has 2 aromatic rings. The second-order valence-corrected chi connectivity index (χ2v) is 3.75. The van der Waals surface area contributed by atoms with E-state index in [0.29, 0.717) is 0 Å². The van der Waals surface area contributed by atoms with Crippen molar-refractivity contribution in [1.82, 2.24) is 20.3 Å². The van der Waals surface area contributed by atoms with E-state index in [2.05, 4.69) is 53.7 Å². The second-order valence-electron chi connectivity index (χ2n) is 3.75. The first-order valence-electron chi connectivity index (χ1n) is 5.48. The van der Waals surface area contributed by atoms with E-state index in [-0.39, 0.29) is 0 Å². The molecule has 16 heavy (non-hydrogen) atoms. The fourth-order valence-electron chi connectivity index (χ4n) is 1.53. The van der Waals surface area contributed by atoms with Crippen LogP contribution in [-0.2, 0) is 6.54 Å². The maximum atomic E-state index is 4.10. The molecule has 0 atom stereocenters. The van der Waals surface area contributed by atoms with Gasteiger partial charge in [0.1, 0.15) is 0 Å². The minimum Gasteiger partial charge on any atom is -0.311 e. The largest absolute Gasteiger partial charge is 0.311 e. The topological polar surface area (TPSA) is 42.7 Å². The highest BCUT2D eigenvalue weighted by molar-refractivity contribution is 5.34. The molecule has 4 heteroatoms. The summed E-state index contributed by atoms with van der Waals surface area (Å²) in [5.41, 5.74) is 3.37. The van der Waals surface area contributed by atoms with E-state index < -0.39 is 0 Å². The van der Waals surface area contributed by atoms with E-state index in [1.165, 1.54) is 5.56 Å². The van der Waals surface area contributed by atoms with Crippen molar-refractivity contribution in [2.24, 2.45) is 0 Å². The Morgan fingerprint density at radius 2 is 2.00 bits per heavy atom. The van der Waals surface area contributed by atoms with Crippen LogP contribution in [0.15, 0.2) is 30.5 Å². The molecule has 0 amide bonds. The summed E-state index contributed by atoms with van der Waals surface area (Å²) in [6.45, 7) is 5.89. The van der Waals surface area contributed by atoms with Crippen LogP contribution in [0.3, 0.4) is 0 Å². The van der Waals surface area contributed by atoms with Crippen molar-refractivity contribution >= 4 is 0 Å². The summed E-state index contributed by atoms with van der Waals surface area (Å²) in [6, 6.07) is 8.26. The number of hydrogen-bond acceptors (Lipinski definition) is 3. The summed E-state index contributed by atoms with van der Waals surface area (Å²) in [6.07, 6.45) is 1.79. The number of aryl methyl sites for hydroxylation is 1. The standard InChI is InChI=1S/C12H16N4/c1-3-13-8-12-9-14-15-16(12)11-6-4-10(2)5-7-11/h4-7,9,13H,3,8H2,1-2H3. The van der Waals surface area contributed by atoms with Gasteiger partial charge in [-0.3, -0.25) is 0 Å². The molecule has 0 aliphatic carbocycles. The van der Waals surface area contributed by atoms with Crippen LogP contribution in [0.1, 0.15) is 18.2 Å². The first-order chi connectivity index (χ1) is 7.81. The van der Waals surface area contributed by atoms with Gasteiger partial charge >= 0.3 is 0 Å². The molecule has 1 heterocycles. The number of nitrogens with zero attached hydrogens (tertiary/aromatic N) is 3. The average Bonchev–Trinajstić information content (AvgIpc) is 2.75. The number of rotatable bonds is 4. The van der Waals surface area contributed by atoms with Gasteiger partial charge in [0.05, 0.1) is 17.6 Å². The molecule has 1 aromatic carbocycles. The van der Waals surface area contributed by atoms with Crippen LogP contribution in [-0.4, -0.2) is 21.5 Å². The van der Waals surface area contributed by atoms with Crippen LogP contribution >= 0.6 is 0 Å². The van der Waals surface area contributed by atoms with Crippen LogP contribution in [0, 0.1) is 6.92 Å². The zero-order valence-corrected chi connectivity index (χ0v) is 9.64. The maximum absolute atomic E-state index is 4.10. The summed E-state index contributed by atoms with van der Waals surface area (Å²) < 4.78 is 1.86. The summed E-state index contributed by atoms with van der Waals surface area (Å²) in [5.74, 6) is 0. The lowest BCUT2D eigenvalue weighted by molar-refractivity contribution is 0.672. The summed E-state index contributed by atoms with van der Waals surface area (Å²) >= 11 is 0. The maximum Gasteiger partial charge on any atom is 0.0783 e. The Morgan fingerprint density at radius 3 is 2.69 bits per heavy atom. The van der Waals surface area contributed by atoms with Crippen LogP contribution in [0.5, 0.6) is 0 Å². The van der Waals surface area contributed by atoms with Gasteiger partial charge in [0, 0.05) is 6.54 Å². The van der Waals surface area contributed by atoms with E-state index in [1.807, 2.05) is 4.68 Å². The van der Waals surface area contributed by atoms with E-state index in [4.69, 9.17) is 0 Å². The van der Waals surface area contributed by atoms with Gasteiger partial charge in [-0.25, -0.2) is 4.68 Å². The molecule has 0 spiro atoms. The van der Waals surface area contributed by atoms with Gasteiger partial charge < -0.3 is 5.32 Å². The molecule has 0 fully saturated rings. The molecule has 2 rings (SSSR count). The monoisotopic (exact) mass is 216 g/mol. The number of hydrogen-bond donors (Lipinski definition) is 1. The summed E-state index contributed by atoms with van der Waals surface area (Å²) in [7, 11) is 0. The Hall–Kier alpha value is -1.68. The van der Waals surface area contributed by atoms with Gasteiger partial charge in [0.15, 0.2) is 0 Å². The molecule has 1 N–H and O–H groups in total. The van der Waals surface area contributed by atoms with Gasteiger partial charge in [-0.15, -0.1) is 5.10 Å². The second kappa shape index (κ2) is 4.90. The molecule has 4 nitrogen and oxygen atoms in total. The van der Waals surface area contributed by atoms with Crippen molar-refractivity contribution in [2.45, 2.75) is 20.4 Å². The van der Waals surface area contributed by atoms with Crippen molar-refractivity contribution in [3.05, 3.63) is 41.7 Å². The summed E-state index contributed by atoms with van der Waals surface area (Å²) in [4.78, 5) is 0. The van der Waals surface area contributed by atoms with Crippen molar-refractivity contribution in [1.29, 1.82) is 0 Å². The SMILES string of the molecule is CCNCc1cnnn1-c1ccc(C)cc1. The van der Waals surface area contributed by atoms with Crippen molar-refractivity contribution in [3.8, 4) is 5.69 Å². The van der Waals surface area contributed by atoms with E-state index >= 15 is 0 Å². The summed E-state index contributed by atoms with van der Waals surface area (Å²) in [5, 5.41) is 11.3.